The molecule has 68 valence electrons. The van der Waals surface area contributed by atoms with E-state index in [1.54, 1.807) is 0 Å². The summed E-state index contributed by atoms with van der Waals surface area (Å²) in [6.45, 7) is 8.54. The highest BCUT2D eigenvalue weighted by Gasteiger charge is 2.08. The second-order valence-electron chi connectivity index (χ2n) is 3.36. The van der Waals surface area contributed by atoms with E-state index in [1.165, 1.54) is 0 Å². The quantitative estimate of drug-likeness (QED) is 0.606. The van der Waals surface area contributed by atoms with E-state index in [4.69, 9.17) is 15.2 Å². The van der Waals surface area contributed by atoms with Gasteiger partial charge in [-0.3, -0.25) is 0 Å². The summed E-state index contributed by atoms with van der Waals surface area (Å²) in [6, 6.07) is 0. The summed E-state index contributed by atoms with van der Waals surface area (Å²) in [5.74, 6) is 0. The largest absolute Gasteiger partial charge is 0.378 e. The van der Waals surface area contributed by atoms with Crippen molar-refractivity contribution in [1.82, 2.24) is 0 Å². The Balaban J connectivity index is 3.02. The van der Waals surface area contributed by atoms with Crippen molar-refractivity contribution >= 4 is 0 Å². The van der Waals surface area contributed by atoms with Gasteiger partial charge in [-0.2, -0.15) is 0 Å². The number of nitrogens with two attached hydrogens (primary N) is 1. The van der Waals surface area contributed by atoms with Gasteiger partial charge in [0.2, 0.25) is 0 Å². The summed E-state index contributed by atoms with van der Waals surface area (Å²) >= 11 is 0. The average Bonchev–Trinajstić information content (AvgIpc) is 1.85. The maximum atomic E-state index is 5.41. The Morgan fingerprint density at radius 3 is 2.18 bits per heavy atom. The standard InChI is InChI=1S/C8H19NO2/c1-8(2,3)11-7-6-10-5-4-9/h4-7,9H2,1-3H3. The van der Waals surface area contributed by atoms with Crippen LogP contribution < -0.4 is 5.73 Å². The van der Waals surface area contributed by atoms with Gasteiger partial charge in [0.1, 0.15) is 0 Å². The molecule has 0 amide bonds. The third-order valence-electron chi connectivity index (χ3n) is 1.02. The molecule has 3 nitrogen and oxygen atoms in total. The first-order chi connectivity index (χ1) is 5.06. The highest BCUT2D eigenvalue weighted by molar-refractivity contribution is 4.57. The maximum absolute atomic E-state index is 5.41. The smallest absolute Gasteiger partial charge is 0.0707 e. The van der Waals surface area contributed by atoms with Crippen LogP contribution in [-0.2, 0) is 9.47 Å². The van der Waals surface area contributed by atoms with Crippen molar-refractivity contribution in [3.63, 3.8) is 0 Å². The van der Waals surface area contributed by atoms with E-state index in [1.807, 2.05) is 20.8 Å². The summed E-state index contributed by atoms with van der Waals surface area (Å²) in [6.07, 6.45) is 0. The van der Waals surface area contributed by atoms with Crippen molar-refractivity contribution in [2.75, 3.05) is 26.4 Å². The van der Waals surface area contributed by atoms with Gasteiger partial charge in [0.25, 0.3) is 0 Å². The number of rotatable bonds is 5. The van der Waals surface area contributed by atoms with Gasteiger partial charge >= 0.3 is 0 Å². The topological polar surface area (TPSA) is 44.5 Å². The number of ether oxygens (including phenoxy) is 2. The van der Waals surface area contributed by atoms with E-state index < -0.39 is 0 Å². The molecule has 0 saturated carbocycles. The van der Waals surface area contributed by atoms with Crippen LogP contribution in [0.1, 0.15) is 20.8 Å². The van der Waals surface area contributed by atoms with Crippen molar-refractivity contribution in [3.05, 3.63) is 0 Å². The van der Waals surface area contributed by atoms with Gasteiger partial charge < -0.3 is 15.2 Å². The number of hydrogen-bond donors (Lipinski definition) is 1. The minimum atomic E-state index is -0.0634. The summed E-state index contributed by atoms with van der Waals surface area (Å²) in [5, 5.41) is 0. The van der Waals surface area contributed by atoms with Crippen LogP contribution >= 0.6 is 0 Å². The lowest BCUT2D eigenvalue weighted by atomic mass is 10.2. The van der Waals surface area contributed by atoms with E-state index >= 15 is 0 Å². The van der Waals surface area contributed by atoms with Gasteiger partial charge in [-0.15, -0.1) is 0 Å². The van der Waals surface area contributed by atoms with Crippen LogP contribution in [0.15, 0.2) is 0 Å². The molecule has 0 aromatic heterocycles. The first-order valence-corrected chi connectivity index (χ1v) is 3.98. The third kappa shape index (κ3) is 9.88. The Labute approximate surface area is 68.9 Å². The summed E-state index contributed by atoms with van der Waals surface area (Å²) < 4.78 is 10.5. The van der Waals surface area contributed by atoms with Gasteiger partial charge in [0.05, 0.1) is 25.4 Å². The van der Waals surface area contributed by atoms with Crippen LogP contribution in [0, 0.1) is 0 Å². The predicted octanol–water partition coefficient (Wildman–Crippen LogP) is 0.777. The Morgan fingerprint density at radius 2 is 1.73 bits per heavy atom. The van der Waals surface area contributed by atoms with E-state index in [0.29, 0.717) is 26.4 Å². The highest BCUT2D eigenvalue weighted by atomic mass is 16.5. The van der Waals surface area contributed by atoms with Gasteiger partial charge in [-0.25, -0.2) is 0 Å². The van der Waals surface area contributed by atoms with Crippen LogP contribution in [0.5, 0.6) is 0 Å². The highest BCUT2D eigenvalue weighted by Crippen LogP contribution is 2.05. The van der Waals surface area contributed by atoms with Crippen molar-refractivity contribution < 1.29 is 9.47 Å². The first kappa shape index (κ1) is 10.9. The minimum absolute atomic E-state index is 0.0634. The van der Waals surface area contributed by atoms with E-state index in [9.17, 15) is 0 Å². The molecule has 0 aromatic carbocycles. The monoisotopic (exact) mass is 161 g/mol. The fraction of sp³-hybridized carbons (Fsp3) is 1.00. The molecule has 0 atom stereocenters. The van der Waals surface area contributed by atoms with Gasteiger partial charge in [-0.05, 0) is 20.8 Å². The second-order valence-corrected chi connectivity index (χ2v) is 3.36. The fourth-order valence-corrected chi connectivity index (χ4v) is 0.592. The summed E-state index contributed by atoms with van der Waals surface area (Å²) in [4.78, 5) is 0. The Morgan fingerprint density at radius 1 is 1.09 bits per heavy atom. The molecule has 0 aromatic rings. The van der Waals surface area contributed by atoms with E-state index in [0.717, 1.165) is 0 Å². The zero-order valence-corrected chi connectivity index (χ0v) is 7.72. The van der Waals surface area contributed by atoms with Crippen LogP contribution in [0.2, 0.25) is 0 Å². The second kappa shape index (κ2) is 5.52. The zero-order chi connectivity index (χ0) is 8.74. The van der Waals surface area contributed by atoms with Crippen molar-refractivity contribution in [2.24, 2.45) is 5.73 Å². The van der Waals surface area contributed by atoms with Crippen LogP contribution in [0.25, 0.3) is 0 Å². The van der Waals surface area contributed by atoms with Crippen molar-refractivity contribution in [3.8, 4) is 0 Å². The molecule has 0 aliphatic carbocycles. The molecule has 11 heavy (non-hydrogen) atoms. The zero-order valence-electron chi connectivity index (χ0n) is 7.72. The molecule has 2 N–H and O–H groups in total. The summed E-state index contributed by atoms with van der Waals surface area (Å²) in [5.41, 5.74) is 5.17. The molecule has 0 aliphatic rings. The minimum Gasteiger partial charge on any atom is -0.378 e. The average molecular weight is 161 g/mol. The molecule has 0 saturated heterocycles. The van der Waals surface area contributed by atoms with Gasteiger partial charge in [-0.1, -0.05) is 0 Å². The van der Waals surface area contributed by atoms with Gasteiger partial charge in [0.15, 0.2) is 0 Å². The van der Waals surface area contributed by atoms with Crippen LogP contribution in [0.4, 0.5) is 0 Å². The lowest BCUT2D eigenvalue weighted by Crippen LogP contribution is -2.22. The molecule has 0 unspecified atom stereocenters. The van der Waals surface area contributed by atoms with Crippen molar-refractivity contribution in [1.29, 1.82) is 0 Å². The molecule has 0 rings (SSSR count). The van der Waals surface area contributed by atoms with Crippen molar-refractivity contribution in [2.45, 2.75) is 26.4 Å². The Kier molecular flexibility index (Phi) is 5.46. The molecule has 0 heterocycles. The first-order valence-electron chi connectivity index (χ1n) is 3.98. The third-order valence-corrected chi connectivity index (χ3v) is 1.02. The molecular formula is C8H19NO2. The SMILES string of the molecule is CC(C)(C)OCCOCCN. The fourth-order valence-electron chi connectivity index (χ4n) is 0.592. The van der Waals surface area contributed by atoms with Crippen LogP contribution in [0.3, 0.4) is 0 Å². The van der Waals surface area contributed by atoms with E-state index in [-0.39, 0.29) is 5.60 Å². The van der Waals surface area contributed by atoms with Crippen LogP contribution in [-0.4, -0.2) is 32.0 Å². The summed E-state index contributed by atoms with van der Waals surface area (Å²) in [7, 11) is 0. The maximum Gasteiger partial charge on any atom is 0.0707 e. The molecule has 3 heteroatoms. The molecule has 0 spiro atoms. The molecule has 0 bridgehead atoms. The molecular weight excluding hydrogens is 142 g/mol. The Bertz CT molecular complexity index is 88.6. The lowest BCUT2D eigenvalue weighted by Gasteiger charge is -2.19. The Hall–Kier alpha value is -0.120. The van der Waals surface area contributed by atoms with Gasteiger partial charge in [0, 0.05) is 6.54 Å². The lowest BCUT2D eigenvalue weighted by molar-refractivity contribution is -0.0337. The number of hydrogen-bond acceptors (Lipinski definition) is 3. The van der Waals surface area contributed by atoms with E-state index in [2.05, 4.69) is 0 Å². The predicted molar refractivity (Wildman–Crippen MR) is 45.6 cm³/mol. The molecule has 0 aliphatic heterocycles. The molecule has 0 fully saturated rings. The normalized spacial score (nSPS) is 12.0. The molecule has 0 radical (unpaired) electrons.